The highest BCUT2D eigenvalue weighted by Gasteiger charge is 2.24. The Morgan fingerprint density at radius 3 is 2.65 bits per heavy atom. The minimum Gasteiger partial charge on any atom is -0.347 e. The summed E-state index contributed by atoms with van der Waals surface area (Å²) in [7, 11) is 0. The Morgan fingerprint density at radius 1 is 1.26 bits per heavy atom. The highest BCUT2D eigenvalue weighted by atomic mass is 15.0. The van der Waals surface area contributed by atoms with Gasteiger partial charge < -0.3 is 9.88 Å². The molecule has 1 aliphatic carbocycles. The standard InChI is InChI=1S/C20H31N3/c1-5-8-11-23-13-15(6-2)20-17(7-3)22-18(12-19(20)23)14(4)21-16-9-10-16/h12-14,16,21H,5-11H2,1-4H3. The van der Waals surface area contributed by atoms with Gasteiger partial charge in [0.05, 0.1) is 16.9 Å². The van der Waals surface area contributed by atoms with Crippen LogP contribution < -0.4 is 5.32 Å². The van der Waals surface area contributed by atoms with Crippen molar-refractivity contribution in [3.05, 3.63) is 29.2 Å². The smallest absolute Gasteiger partial charge is 0.0594 e. The molecule has 0 spiro atoms. The molecule has 3 nitrogen and oxygen atoms in total. The maximum absolute atomic E-state index is 5.03. The molecule has 1 unspecified atom stereocenters. The van der Waals surface area contributed by atoms with Crippen molar-refractivity contribution in [2.45, 2.75) is 84.8 Å². The molecular formula is C20H31N3. The van der Waals surface area contributed by atoms with Gasteiger partial charge in [-0.05, 0) is 50.7 Å². The fourth-order valence-electron chi connectivity index (χ4n) is 3.45. The maximum atomic E-state index is 5.03. The first-order chi connectivity index (χ1) is 11.2. The zero-order chi connectivity index (χ0) is 16.4. The van der Waals surface area contributed by atoms with E-state index in [1.807, 2.05) is 0 Å². The summed E-state index contributed by atoms with van der Waals surface area (Å²) < 4.78 is 2.46. The molecule has 1 atom stereocenters. The molecule has 1 N–H and O–H groups in total. The van der Waals surface area contributed by atoms with Crippen LogP contribution in [0.2, 0.25) is 0 Å². The number of pyridine rings is 1. The van der Waals surface area contributed by atoms with E-state index in [-0.39, 0.29) is 0 Å². The van der Waals surface area contributed by atoms with Crippen LogP contribution in [0.25, 0.3) is 10.9 Å². The SMILES string of the molecule is CCCCn1cc(CC)c2c(CC)nc(C(C)NC3CC3)cc21. The van der Waals surface area contributed by atoms with E-state index >= 15 is 0 Å². The average molecular weight is 313 g/mol. The van der Waals surface area contributed by atoms with Gasteiger partial charge in [0.1, 0.15) is 0 Å². The predicted molar refractivity (Wildman–Crippen MR) is 98.0 cm³/mol. The predicted octanol–water partition coefficient (Wildman–Crippen LogP) is 4.77. The number of nitrogens with zero attached hydrogens (tertiary/aromatic N) is 2. The Bertz CT molecular complexity index is 667. The number of nitrogens with one attached hydrogen (secondary N) is 1. The van der Waals surface area contributed by atoms with Gasteiger partial charge in [0.2, 0.25) is 0 Å². The largest absolute Gasteiger partial charge is 0.347 e. The highest BCUT2D eigenvalue weighted by Crippen LogP contribution is 2.30. The van der Waals surface area contributed by atoms with Crippen molar-refractivity contribution in [3.63, 3.8) is 0 Å². The van der Waals surface area contributed by atoms with Crippen LogP contribution in [0.1, 0.15) is 76.4 Å². The van der Waals surface area contributed by atoms with Crippen LogP contribution in [-0.2, 0) is 19.4 Å². The Kier molecular flexibility index (Phi) is 5.05. The quantitative estimate of drug-likeness (QED) is 0.760. The minimum atomic E-state index is 0.344. The van der Waals surface area contributed by atoms with Gasteiger partial charge in [0.25, 0.3) is 0 Å². The van der Waals surface area contributed by atoms with Crippen LogP contribution >= 0.6 is 0 Å². The zero-order valence-electron chi connectivity index (χ0n) is 15.2. The molecule has 0 aromatic carbocycles. The number of unbranched alkanes of at least 4 members (excludes halogenated alkanes) is 1. The van der Waals surface area contributed by atoms with Gasteiger partial charge in [-0.2, -0.15) is 0 Å². The zero-order valence-corrected chi connectivity index (χ0v) is 15.2. The van der Waals surface area contributed by atoms with Gasteiger partial charge >= 0.3 is 0 Å². The van der Waals surface area contributed by atoms with Crippen molar-refractivity contribution >= 4 is 10.9 Å². The van der Waals surface area contributed by atoms with Gasteiger partial charge in [-0.15, -0.1) is 0 Å². The Labute approximate surface area is 140 Å². The first-order valence-corrected chi connectivity index (χ1v) is 9.45. The monoisotopic (exact) mass is 313 g/mol. The second kappa shape index (κ2) is 7.04. The summed E-state index contributed by atoms with van der Waals surface area (Å²) in [6, 6.07) is 3.39. The van der Waals surface area contributed by atoms with E-state index in [4.69, 9.17) is 4.98 Å². The van der Waals surface area contributed by atoms with Crippen molar-refractivity contribution in [2.75, 3.05) is 0 Å². The minimum absolute atomic E-state index is 0.344. The maximum Gasteiger partial charge on any atom is 0.0594 e. The summed E-state index contributed by atoms with van der Waals surface area (Å²) in [5, 5.41) is 5.11. The molecule has 2 aromatic rings. The Balaban J connectivity index is 2.05. The second-order valence-electron chi connectivity index (χ2n) is 6.96. The third kappa shape index (κ3) is 3.45. The number of fused-ring (bicyclic) bond motifs is 1. The molecule has 0 saturated heterocycles. The van der Waals surface area contributed by atoms with E-state index in [1.165, 1.54) is 53.5 Å². The molecule has 3 heteroatoms. The molecule has 2 heterocycles. The summed E-state index contributed by atoms with van der Waals surface area (Å²) in [6.07, 6.45) is 9.57. The summed E-state index contributed by atoms with van der Waals surface area (Å²) in [6.45, 7) is 10.1. The molecule has 3 rings (SSSR count). The number of hydrogen-bond donors (Lipinski definition) is 1. The molecule has 126 valence electrons. The van der Waals surface area contributed by atoms with Crippen molar-refractivity contribution in [1.29, 1.82) is 0 Å². The lowest BCUT2D eigenvalue weighted by molar-refractivity contribution is 0.556. The molecule has 2 aromatic heterocycles. The van der Waals surface area contributed by atoms with E-state index in [0.717, 1.165) is 19.4 Å². The lowest BCUT2D eigenvalue weighted by atomic mass is 10.1. The van der Waals surface area contributed by atoms with E-state index in [9.17, 15) is 0 Å². The van der Waals surface area contributed by atoms with Gasteiger partial charge in [-0.3, -0.25) is 4.98 Å². The van der Waals surface area contributed by atoms with E-state index in [2.05, 4.69) is 49.8 Å². The van der Waals surface area contributed by atoms with Crippen LogP contribution in [0.15, 0.2) is 12.3 Å². The third-order valence-corrected chi connectivity index (χ3v) is 5.01. The van der Waals surface area contributed by atoms with E-state index in [1.54, 1.807) is 0 Å². The lowest BCUT2D eigenvalue weighted by Gasteiger charge is -2.15. The molecule has 0 bridgehead atoms. The molecular weight excluding hydrogens is 282 g/mol. The normalized spacial score (nSPS) is 16.2. The molecule has 1 fully saturated rings. The molecule has 1 aliphatic rings. The van der Waals surface area contributed by atoms with Gasteiger partial charge in [-0.1, -0.05) is 27.2 Å². The van der Waals surface area contributed by atoms with E-state index < -0.39 is 0 Å². The molecule has 1 saturated carbocycles. The van der Waals surface area contributed by atoms with Crippen LogP contribution in [0.4, 0.5) is 0 Å². The Morgan fingerprint density at radius 2 is 2.04 bits per heavy atom. The first-order valence-electron chi connectivity index (χ1n) is 9.45. The topological polar surface area (TPSA) is 29.9 Å². The fraction of sp³-hybridized carbons (Fsp3) is 0.650. The van der Waals surface area contributed by atoms with Crippen LogP contribution in [0.3, 0.4) is 0 Å². The molecule has 0 radical (unpaired) electrons. The van der Waals surface area contributed by atoms with Crippen molar-refractivity contribution in [2.24, 2.45) is 0 Å². The number of hydrogen-bond acceptors (Lipinski definition) is 2. The van der Waals surface area contributed by atoms with Gasteiger partial charge in [-0.25, -0.2) is 0 Å². The fourth-order valence-corrected chi connectivity index (χ4v) is 3.45. The van der Waals surface area contributed by atoms with E-state index in [0.29, 0.717) is 12.1 Å². The average Bonchev–Trinajstić information content (AvgIpc) is 3.31. The number of aryl methyl sites for hydroxylation is 3. The van der Waals surface area contributed by atoms with Crippen LogP contribution in [0.5, 0.6) is 0 Å². The summed E-state index contributed by atoms with van der Waals surface area (Å²) in [4.78, 5) is 5.03. The molecule has 23 heavy (non-hydrogen) atoms. The van der Waals surface area contributed by atoms with Crippen molar-refractivity contribution in [1.82, 2.24) is 14.9 Å². The van der Waals surface area contributed by atoms with Gasteiger partial charge in [0, 0.05) is 30.2 Å². The van der Waals surface area contributed by atoms with Crippen LogP contribution in [-0.4, -0.2) is 15.6 Å². The second-order valence-corrected chi connectivity index (χ2v) is 6.96. The number of aromatic nitrogens is 2. The van der Waals surface area contributed by atoms with Gasteiger partial charge in [0.15, 0.2) is 0 Å². The summed E-state index contributed by atoms with van der Waals surface area (Å²) >= 11 is 0. The lowest BCUT2D eigenvalue weighted by Crippen LogP contribution is -2.22. The summed E-state index contributed by atoms with van der Waals surface area (Å²) in [5.41, 5.74) is 5.32. The molecule has 0 amide bonds. The highest BCUT2D eigenvalue weighted by molar-refractivity contribution is 5.86. The van der Waals surface area contributed by atoms with Crippen LogP contribution in [0, 0.1) is 0 Å². The third-order valence-electron chi connectivity index (χ3n) is 5.01. The van der Waals surface area contributed by atoms with Crippen molar-refractivity contribution in [3.8, 4) is 0 Å². The summed E-state index contributed by atoms with van der Waals surface area (Å²) in [5.74, 6) is 0. The first kappa shape index (κ1) is 16.5. The Hall–Kier alpha value is -1.35. The molecule has 0 aliphatic heterocycles. The number of rotatable bonds is 8. The van der Waals surface area contributed by atoms with Crippen molar-refractivity contribution < 1.29 is 0 Å².